The molecular formula is C17H21N3O. The molecule has 2 aromatic rings. The van der Waals surface area contributed by atoms with Crippen molar-refractivity contribution in [3.8, 4) is 5.69 Å². The van der Waals surface area contributed by atoms with Crippen LogP contribution in [0.15, 0.2) is 42.7 Å². The van der Waals surface area contributed by atoms with Crippen molar-refractivity contribution in [2.45, 2.75) is 44.6 Å². The maximum atomic E-state index is 12.3. The largest absolute Gasteiger partial charge is 0.349 e. The van der Waals surface area contributed by atoms with E-state index in [1.807, 2.05) is 36.5 Å². The third kappa shape index (κ3) is 3.51. The monoisotopic (exact) mass is 283 g/mol. The molecule has 1 aromatic heterocycles. The fraction of sp³-hybridized carbons (Fsp3) is 0.412. The van der Waals surface area contributed by atoms with Gasteiger partial charge >= 0.3 is 0 Å². The molecule has 1 N–H and O–H groups in total. The van der Waals surface area contributed by atoms with Crippen LogP contribution < -0.4 is 5.32 Å². The summed E-state index contributed by atoms with van der Waals surface area (Å²) < 4.78 is 1.78. The first-order chi connectivity index (χ1) is 10.3. The Labute approximate surface area is 125 Å². The van der Waals surface area contributed by atoms with Crippen molar-refractivity contribution >= 4 is 5.91 Å². The van der Waals surface area contributed by atoms with Gasteiger partial charge in [0, 0.05) is 24.0 Å². The molecule has 1 heterocycles. The van der Waals surface area contributed by atoms with E-state index in [2.05, 4.69) is 10.4 Å². The Kier molecular flexibility index (Phi) is 4.34. The molecule has 0 atom stereocenters. The summed E-state index contributed by atoms with van der Waals surface area (Å²) >= 11 is 0. The van der Waals surface area contributed by atoms with E-state index in [-0.39, 0.29) is 5.91 Å². The first kappa shape index (κ1) is 13.9. The van der Waals surface area contributed by atoms with E-state index in [0.29, 0.717) is 6.04 Å². The predicted molar refractivity (Wildman–Crippen MR) is 82.5 cm³/mol. The van der Waals surface area contributed by atoms with E-state index in [4.69, 9.17) is 0 Å². The van der Waals surface area contributed by atoms with Crippen molar-refractivity contribution < 1.29 is 4.79 Å². The average molecular weight is 283 g/mol. The van der Waals surface area contributed by atoms with Gasteiger partial charge in [0.05, 0.1) is 5.69 Å². The number of aromatic nitrogens is 2. The summed E-state index contributed by atoms with van der Waals surface area (Å²) in [6.07, 6.45) is 10.9. The van der Waals surface area contributed by atoms with E-state index in [1.165, 1.54) is 25.7 Å². The molecule has 0 bridgehead atoms. The van der Waals surface area contributed by atoms with E-state index in [9.17, 15) is 4.79 Å². The predicted octanol–water partition coefficient (Wildman–Crippen LogP) is 3.32. The van der Waals surface area contributed by atoms with Crippen LogP contribution in [-0.2, 0) is 0 Å². The molecule has 4 nitrogen and oxygen atoms in total. The number of rotatable bonds is 3. The lowest BCUT2D eigenvalue weighted by atomic mass is 10.1. The molecule has 3 rings (SSSR count). The number of benzene rings is 1. The molecule has 0 unspecified atom stereocenters. The molecule has 0 spiro atoms. The van der Waals surface area contributed by atoms with Crippen LogP contribution in [0.1, 0.15) is 48.9 Å². The number of amides is 1. The standard InChI is InChI=1S/C17H21N3O/c21-17(19-15-6-3-1-2-4-7-15)14-8-10-16(11-9-14)20-13-5-12-18-20/h5,8-13,15H,1-4,6-7H2,(H,19,21). The molecule has 1 aromatic carbocycles. The van der Waals surface area contributed by atoms with Gasteiger partial charge < -0.3 is 5.32 Å². The second-order valence-electron chi connectivity index (χ2n) is 5.66. The minimum Gasteiger partial charge on any atom is -0.349 e. The van der Waals surface area contributed by atoms with Crippen LogP contribution in [0, 0.1) is 0 Å². The zero-order valence-electron chi connectivity index (χ0n) is 12.2. The SMILES string of the molecule is O=C(NC1CCCCCC1)c1ccc(-n2cccn2)cc1. The lowest BCUT2D eigenvalue weighted by Gasteiger charge is -2.16. The van der Waals surface area contributed by atoms with Gasteiger partial charge in [0.25, 0.3) is 5.91 Å². The normalized spacial score (nSPS) is 16.4. The molecule has 1 aliphatic carbocycles. The average Bonchev–Trinajstić information content (AvgIpc) is 2.93. The van der Waals surface area contributed by atoms with Crippen molar-refractivity contribution in [2.24, 2.45) is 0 Å². The summed E-state index contributed by atoms with van der Waals surface area (Å²) in [6, 6.07) is 9.80. The lowest BCUT2D eigenvalue weighted by molar-refractivity contribution is 0.0933. The van der Waals surface area contributed by atoms with Gasteiger partial charge in [-0.3, -0.25) is 4.79 Å². The Morgan fingerprint density at radius 1 is 1.10 bits per heavy atom. The van der Waals surface area contributed by atoms with Crippen molar-refractivity contribution in [3.63, 3.8) is 0 Å². The Balaban J connectivity index is 1.64. The molecular weight excluding hydrogens is 262 g/mol. The summed E-state index contributed by atoms with van der Waals surface area (Å²) in [5.41, 5.74) is 1.68. The summed E-state index contributed by atoms with van der Waals surface area (Å²) in [7, 11) is 0. The Morgan fingerprint density at radius 3 is 2.43 bits per heavy atom. The minimum absolute atomic E-state index is 0.0360. The highest BCUT2D eigenvalue weighted by atomic mass is 16.1. The van der Waals surface area contributed by atoms with Crippen molar-refractivity contribution in [2.75, 3.05) is 0 Å². The molecule has 0 saturated heterocycles. The smallest absolute Gasteiger partial charge is 0.251 e. The topological polar surface area (TPSA) is 46.9 Å². The van der Waals surface area contributed by atoms with Gasteiger partial charge in [-0.15, -0.1) is 0 Å². The second kappa shape index (κ2) is 6.57. The summed E-state index contributed by atoms with van der Waals surface area (Å²) in [6.45, 7) is 0. The number of hydrogen-bond acceptors (Lipinski definition) is 2. The van der Waals surface area contributed by atoms with Crippen molar-refractivity contribution in [1.29, 1.82) is 0 Å². The molecule has 0 radical (unpaired) electrons. The van der Waals surface area contributed by atoms with Crippen LogP contribution in [-0.4, -0.2) is 21.7 Å². The molecule has 0 aliphatic heterocycles. The maximum Gasteiger partial charge on any atom is 0.251 e. The maximum absolute atomic E-state index is 12.3. The van der Waals surface area contributed by atoms with Gasteiger partial charge in [-0.2, -0.15) is 5.10 Å². The summed E-state index contributed by atoms with van der Waals surface area (Å²) in [4.78, 5) is 12.3. The highest BCUT2D eigenvalue weighted by molar-refractivity contribution is 5.94. The van der Waals surface area contributed by atoms with Crippen molar-refractivity contribution in [3.05, 3.63) is 48.3 Å². The minimum atomic E-state index is 0.0360. The number of carbonyl (C=O) groups excluding carboxylic acids is 1. The van der Waals surface area contributed by atoms with E-state index >= 15 is 0 Å². The molecule has 1 amide bonds. The summed E-state index contributed by atoms with van der Waals surface area (Å²) in [5, 5.41) is 7.35. The molecule has 21 heavy (non-hydrogen) atoms. The zero-order valence-corrected chi connectivity index (χ0v) is 12.2. The number of nitrogens with zero attached hydrogens (tertiary/aromatic N) is 2. The van der Waals surface area contributed by atoms with Crippen molar-refractivity contribution in [1.82, 2.24) is 15.1 Å². The quantitative estimate of drug-likeness (QED) is 0.878. The van der Waals surface area contributed by atoms with Gasteiger partial charge in [-0.1, -0.05) is 25.7 Å². The number of carbonyl (C=O) groups is 1. The van der Waals surface area contributed by atoms with Gasteiger partial charge in [0.2, 0.25) is 0 Å². The second-order valence-corrected chi connectivity index (χ2v) is 5.66. The lowest BCUT2D eigenvalue weighted by Crippen LogP contribution is -2.34. The molecule has 1 saturated carbocycles. The molecule has 1 aliphatic rings. The van der Waals surface area contributed by atoms with Crippen LogP contribution in [0.3, 0.4) is 0 Å². The zero-order chi connectivity index (χ0) is 14.5. The van der Waals surface area contributed by atoms with E-state index in [0.717, 1.165) is 24.1 Å². The Morgan fingerprint density at radius 2 is 1.81 bits per heavy atom. The first-order valence-electron chi connectivity index (χ1n) is 7.74. The number of nitrogens with one attached hydrogen (secondary N) is 1. The highest BCUT2D eigenvalue weighted by Gasteiger charge is 2.15. The van der Waals surface area contributed by atoms with Gasteiger partial charge in [0.1, 0.15) is 0 Å². The van der Waals surface area contributed by atoms with Crippen LogP contribution in [0.5, 0.6) is 0 Å². The summed E-state index contributed by atoms with van der Waals surface area (Å²) in [5.74, 6) is 0.0360. The van der Waals surface area contributed by atoms with Gasteiger partial charge in [-0.25, -0.2) is 4.68 Å². The van der Waals surface area contributed by atoms with E-state index < -0.39 is 0 Å². The van der Waals surface area contributed by atoms with Crippen LogP contribution in [0.25, 0.3) is 5.69 Å². The fourth-order valence-electron chi connectivity index (χ4n) is 2.88. The Bertz CT molecular complexity index is 567. The molecule has 1 fully saturated rings. The third-order valence-corrected chi connectivity index (χ3v) is 4.09. The highest BCUT2D eigenvalue weighted by Crippen LogP contribution is 2.18. The third-order valence-electron chi connectivity index (χ3n) is 4.09. The molecule has 110 valence electrons. The van der Waals surface area contributed by atoms with Crippen LogP contribution in [0.2, 0.25) is 0 Å². The van der Waals surface area contributed by atoms with Gasteiger partial charge in [0.15, 0.2) is 0 Å². The Hall–Kier alpha value is -2.10. The fourth-order valence-corrected chi connectivity index (χ4v) is 2.88. The van der Waals surface area contributed by atoms with Gasteiger partial charge in [-0.05, 0) is 43.2 Å². The van der Waals surface area contributed by atoms with Crippen LogP contribution in [0.4, 0.5) is 0 Å². The van der Waals surface area contributed by atoms with Crippen LogP contribution >= 0.6 is 0 Å². The number of hydrogen-bond donors (Lipinski definition) is 1. The van der Waals surface area contributed by atoms with E-state index in [1.54, 1.807) is 10.9 Å². The molecule has 4 heteroatoms. The first-order valence-corrected chi connectivity index (χ1v) is 7.74.